The molecule has 0 aliphatic carbocycles. The van der Waals surface area contributed by atoms with Gasteiger partial charge in [0.15, 0.2) is 0 Å². The van der Waals surface area contributed by atoms with E-state index in [0.29, 0.717) is 0 Å². The van der Waals surface area contributed by atoms with E-state index in [4.69, 9.17) is 9.97 Å². The third-order valence-corrected chi connectivity index (χ3v) is 10.5. The second-order valence-electron chi connectivity index (χ2n) is 11.7. The Morgan fingerprint density at radius 2 is 1.07 bits per heavy atom. The number of hydrogen-bond acceptors (Lipinski definition) is 3. The van der Waals surface area contributed by atoms with Crippen molar-refractivity contribution in [2.24, 2.45) is 0 Å². The fraction of sp³-hybridized carbons (Fsp3) is 0. The number of aromatic nitrogens is 2. The molecule has 0 spiro atoms. The van der Waals surface area contributed by atoms with E-state index < -0.39 is 0 Å². The van der Waals surface area contributed by atoms with Crippen LogP contribution in [-0.4, -0.2) is 9.97 Å². The molecular weight excluding hydrogens is 565 g/mol. The Labute approximate surface area is 262 Å². The van der Waals surface area contributed by atoms with Gasteiger partial charge in [-0.3, -0.25) is 9.97 Å². The number of thiophene rings is 1. The highest BCUT2D eigenvalue weighted by Gasteiger charge is 2.16. The van der Waals surface area contributed by atoms with Crippen LogP contribution in [0.3, 0.4) is 0 Å². The molecule has 0 amide bonds. The molecule has 0 saturated heterocycles. The molecule has 3 heterocycles. The molecule has 2 nitrogen and oxygen atoms in total. The first-order valence-electron chi connectivity index (χ1n) is 15.2. The number of hydrogen-bond donors (Lipinski definition) is 0. The van der Waals surface area contributed by atoms with Gasteiger partial charge in [-0.05, 0) is 97.0 Å². The highest BCUT2D eigenvalue weighted by atomic mass is 32.1. The van der Waals surface area contributed by atoms with E-state index >= 15 is 0 Å². The lowest BCUT2D eigenvalue weighted by molar-refractivity contribution is 1.38. The van der Waals surface area contributed by atoms with Crippen LogP contribution in [0.15, 0.2) is 146 Å². The first-order chi connectivity index (χ1) is 22.3. The van der Waals surface area contributed by atoms with Gasteiger partial charge in [0.25, 0.3) is 0 Å². The summed E-state index contributed by atoms with van der Waals surface area (Å²) in [6.07, 6.45) is 3.80. The second-order valence-corrected chi connectivity index (χ2v) is 12.8. The summed E-state index contributed by atoms with van der Waals surface area (Å²) in [4.78, 5) is 9.61. The lowest BCUT2D eigenvalue weighted by Gasteiger charge is -2.12. The molecule has 0 atom stereocenters. The van der Waals surface area contributed by atoms with E-state index in [1.807, 2.05) is 29.8 Å². The van der Waals surface area contributed by atoms with Gasteiger partial charge in [-0.1, -0.05) is 91.0 Å². The van der Waals surface area contributed by atoms with Gasteiger partial charge in [-0.15, -0.1) is 11.3 Å². The normalized spacial score (nSPS) is 12.0. The van der Waals surface area contributed by atoms with Gasteiger partial charge in [0, 0.05) is 43.3 Å². The molecule has 0 radical (unpaired) electrons. The standard InChI is InChI=1S/C42H24N2S/c1-2-11-30-28(9-1)29-10-3-4-12-31(29)35-22-25(17-19-32(30)35)26-18-20-38-36(23-26)40-33(14-6-16-39(40)45-38)34-13-5-15-37-41(34)42-27(24-44-37)8-7-21-43-42/h1-24H. The van der Waals surface area contributed by atoms with E-state index in [2.05, 4.69) is 127 Å². The van der Waals surface area contributed by atoms with Crippen molar-refractivity contribution >= 4 is 85.6 Å². The predicted octanol–water partition coefficient (Wildman–Crippen LogP) is 11.9. The SMILES string of the molecule is c1cnc2c(c1)cnc1cccc(-c3cccc4sc5ccc(-c6ccc7c8ccccc8c8ccccc8c7c6)cc5c34)c12. The molecule has 10 rings (SSSR count). The van der Waals surface area contributed by atoms with Crippen molar-refractivity contribution in [1.82, 2.24) is 9.97 Å². The quantitative estimate of drug-likeness (QED) is 0.188. The minimum atomic E-state index is 0.965. The summed E-state index contributed by atoms with van der Waals surface area (Å²) >= 11 is 1.86. The van der Waals surface area contributed by atoms with Crippen LogP contribution in [-0.2, 0) is 0 Å². The predicted molar refractivity (Wildman–Crippen MR) is 193 cm³/mol. The summed E-state index contributed by atoms with van der Waals surface area (Å²) in [7, 11) is 0. The third-order valence-electron chi connectivity index (χ3n) is 9.32. The molecule has 0 N–H and O–H groups in total. The molecule has 3 heteroatoms. The molecule has 208 valence electrons. The fourth-order valence-corrected chi connectivity index (χ4v) is 8.42. The molecule has 0 aliphatic heterocycles. The Hall–Kier alpha value is -5.64. The average Bonchev–Trinajstić information content (AvgIpc) is 3.49. The van der Waals surface area contributed by atoms with Crippen LogP contribution in [0.25, 0.3) is 96.5 Å². The van der Waals surface area contributed by atoms with Gasteiger partial charge in [0.1, 0.15) is 0 Å². The fourth-order valence-electron chi connectivity index (χ4n) is 7.31. The van der Waals surface area contributed by atoms with Crippen molar-refractivity contribution in [1.29, 1.82) is 0 Å². The minimum absolute atomic E-state index is 0.965. The van der Waals surface area contributed by atoms with E-state index in [1.54, 1.807) is 0 Å². The van der Waals surface area contributed by atoms with Gasteiger partial charge in [-0.2, -0.15) is 0 Å². The maximum Gasteiger partial charge on any atom is 0.0817 e. The van der Waals surface area contributed by atoms with Crippen LogP contribution < -0.4 is 0 Å². The van der Waals surface area contributed by atoms with Gasteiger partial charge >= 0.3 is 0 Å². The van der Waals surface area contributed by atoms with Crippen molar-refractivity contribution < 1.29 is 0 Å². The van der Waals surface area contributed by atoms with Gasteiger partial charge in [0.2, 0.25) is 0 Å². The smallest absolute Gasteiger partial charge is 0.0817 e. The van der Waals surface area contributed by atoms with Crippen LogP contribution in [0.5, 0.6) is 0 Å². The Balaban J connectivity index is 1.23. The van der Waals surface area contributed by atoms with Crippen LogP contribution >= 0.6 is 11.3 Å². The van der Waals surface area contributed by atoms with Gasteiger partial charge < -0.3 is 0 Å². The van der Waals surface area contributed by atoms with E-state index in [1.165, 1.54) is 74.7 Å². The Morgan fingerprint density at radius 3 is 1.84 bits per heavy atom. The summed E-state index contributed by atoms with van der Waals surface area (Å²) in [5.41, 5.74) is 6.80. The lowest BCUT2D eigenvalue weighted by atomic mass is 9.91. The highest BCUT2D eigenvalue weighted by molar-refractivity contribution is 7.26. The van der Waals surface area contributed by atoms with Crippen LogP contribution in [0.1, 0.15) is 0 Å². The van der Waals surface area contributed by atoms with E-state index in [-0.39, 0.29) is 0 Å². The van der Waals surface area contributed by atoms with Crippen LogP contribution in [0, 0.1) is 0 Å². The first-order valence-corrected chi connectivity index (χ1v) is 16.1. The van der Waals surface area contributed by atoms with E-state index in [0.717, 1.165) is 21.8 Å². The molecule has 0 bridgehead atoms. The van der Waals surface area contributed by atoms with Crippen molar-refractivity contribution in [3.05, 3.63) is 146 Å². The third kappa shape index (κ3) is 3.62. The van der Waals surface area contributed by atoms with Crippen LogP contribution in [0.4, 0.5) is 0 Å². The molecule has 3 aromatic heterocycles. The Morgan fingerprint density at radius 1 is 0.422 bits per heavy atom. The molecule has 0 aliphatic rings. The van der Waals surface area contributed by atoms with Crippen molar-refractivity contribution in [2.75, 3.05) is 0 Å². The average molecular weight is 589 g/mol. The number of pyridine rings is 2. The Kier molecular flexibility index (Phi) is 5.19. The van der Waals surface area contributed by atoms with Crippen molar-refractivity contribution in [2.45, 2.75) is 0 Å². The molecule has 0 fully saturated rings. The largest absolute Gasteiger partial charge is 0.255 e. The molecule has 0 saturated carbocycles. The zero-order valence-corrected chi connectivity index (χ0v) is 25.0. The summed E-state index contributed by atoms with van der Waals surface area (Å²) in [5.74, 6) is 0. The van der Waals surface area contributed by atoms with Crippen molar-refractivity contribution in [3.63, 3.8) is 0 Å². The maximum absolute atomic E-state index is 4.81. The number of fused-ring (bicyclic) bond motifs is 12. The second kappa shape index (κ2) is 9.43. The molecule has 45 heavy (non-hydrogen) atoms. The maximum atomic E-state index is 4.81. The highest BCUT2D eigenvalue weighted by Crippen LogP contribution is 2.44. The number of nitrogens with zero attached hydrogens (tertiary/aromatic N) is 2. The lowest BCUT2D eigenvalue weighted by Crippen LogP contribution is -1.89. The van der Waals surface area contributed by atoms with Gasteiger partial charge in [-0.25, -0.2) is 0 Å². The summed E-state index contributed by atoms with van der Waals surface area (Å²) < 4.78 is 2.58. The zero-order chi connectivity index (χ0) is 29.5. The summed E-state index contributed by atoms with van der Waals surface area (Å²) in [6.45, 7) is 0. The molecule has 7 aromatic carbocycles. The molecular formula is C42H24N2S. The first kappa shape index (κ1) is 24.8. The molecule has 10 aromatic rings. The Bertz CT molecular complexity index is 2790. The summed E-state index contributed by atoms with van der Waals surface area (Å²) in [5, 5.41) is 12.5. The number of benzene rings is 7. The van der Waals surface area contributed by atoms with Crippen molar-refractivity contribution in [3.8, 4) is 22.3 Å². The monoisotopic (exact) mass is 588 g/mol. The van der Waals surface area contributed by atoms with E-state index in [9.17, 15) is 0 Å². The van der Waals surface area contributed by atoms with Gasteiger partial charge in [0.05, 0.1) is 11.0 Å². The summed E-state index contributed by atoms with van der Waals surface area (Å²) in [6, 6.07) is 48.7. The van der Waals surface area contributed by atoms with Crippen LogP contribution in [0.2, 0.25) is 0 Å². The zero-order valence-electron chi connectivity index (χ0n) is 24.2. The number of rotatable bonds is 2. The topological polar surface area (TPSA) is 25.8 Å². The molecule has 0 unspecified atom stereocenters. The minimum Gasteiger partial charge on any atom is -0.255 e.